The van der Waals surface area contributed by atoms with Crippen LogP contribution in [0.2, 0.25) is 0 Å². The van der Waals surface area contributed by atoms with Gasteiger partial charge in [0.15, 0.2) is 11.5 Å². The van der Waals surface area contributed by atoms with E-state index in [0.29, 0.717) is 46.2 Å². The van der Waals surface area contributed by atoms with E-state index >= 15 is 0 Å². The Hall–Kier alpha value is -4.85. The molecule has 6 rings (SSSR count). The summed E-state index contributed by atoms with van der Waals surface area (Å²) in [6.45, 7) is 6.89. The summed E-state index contributed by atoms with van der Waals surface area (Å²) in [7, 11) is 0. The first-order chi connectivity index (χ1) is 22.3. The number of ether oxygens (including phenoxy) is 3. The van der Waals surface area contributed by atoms with E-state index in [9.17, 15) is 27.9 Å². The normalized spacial score (nSPS) is 16.4. The number of carbonyl (C=O) groups excluding carboxylic acids is 1. The van der Waals surface area contributed by atoms with E-state index in [1.807, 2.05) is 30.5 Å². The summed E-state index contributed by atoms with van der Waals surface area (Å²) in [4.78, 5) is 31.1. The first kappa shape index (κ1) is 32.1. The molecule has 1 N–H and O–H groups in total. The van der Waals surface area contributed by atoms with Crippen LogP contribution in [-0.2, 0) is 27.1 Å². The van der Waals surface area contributed by atoms with Crippen molar-refractivity contribution in [2.75, 3.05) is 13.1 Å². The number of carbonyl (C=O) groups is 2. The molecule has 14 heteroatoms. The molecule has 0 spiro atoms. The fourth-order valence-electron chi connectivity index (χ4n) is 5.71. The molecule has 1 aromatic carbocycles. The lowest BCUT2D eigenvalue weighted by molar-refractivity contribution is -0.144. The lowest BCUT2D eigenvalue weighted by atomic mass is 9.88. The molecule has 0 bridgehead atoms. The summed E-state index contributed by atoms with van der Waals surface area (Å²) < 4.78 is 59.0. The minimum absolute atomic E-state index is 0.161. The van der Waals surface area contributed by atoms with Crippen molar-refractivity contribution < 1.29 is 42.1 Å². The molecule has 2 aliphatic heterocycles. The molecule has 4 aromatic rings. The van der Waals surface area contributed by atoms with Crippen LogP contribution in [0.3, 0.4) is 0 Å². The molecule has 0 saturated carbocycles. The number of hydrogen-bond donors (Lipinski definition) is 1. The largest absolute Gasteiger partial charge is 0.489 e. The number of rotatable bonds is 8. The zero-order chi connectivity index (χ0) is 33.5. The highest BCUT2D eigenvalue weighted by molar-refractivity contribution is 7.13. The highest BCUT2D eigenvalue weighted by atomic mass is 32.1. The zero-order valence-electron chi connectivity index (χ0n) is 25.7. The van der Waals surface area contributed by atoms with Gasteiger partial charge in [0.2, 0.25) is 11.5 Å². The van der Waals surface area contributed by atoms with Crippen molar-refractivity contribution in [3.63, 3.8) is 0 Å². The van der Waals surface area contributed by atoms with Crippen molar-refractivity contribution >= 4 is 23.2 Å². The molecule has 3 aromatic heterocycles. The number of alkyl halides is 3. The molecule has 0 aliphatic carbocycles. The molecule has 0 atom stereocenters. The maximum absolute atomic E-state index is 13.8. The fourth-order valence-corrected chi connectivity index (χ4v) is 6.59. The van der Waals surface area contributed by atoms with Crippen LogP contribution in [0, 0.1) is 6.92 Å². The van der Waals surface area contributed by atoms with Crippen LogP contribution in [0.1, 0.15) is 65.3 Å². The molecule has 0 unspecified atom stereocenters. The number of carboxylic acid groups (broad SMARTS) is 1. The number of likely N-dealkylation sites (tertiary alicyclic amines) is 1. The number of carboxylic acids is 1. The van der Waals surface area contributed by atoms with Crippen LogP contribution in [0.4, 0.5) is 13.2 Å². The molecular weight excluding hydrogens is 637 g/mol. The average Bonchev–Trinajstić information content (AvgIpc) is 3.78. The number of aryl methyl sites for hydroxylation is 1. The first-order valence-electron chi connectivity index (χ1n) is 14.8. The van der Waals surface area contributed by atoms with Gasteiger partial charge in [-0.3, -0.25) is 4.79 Å². The maximum atomic E-state index is 13.8. The average molecular weight is 669 g/mol. The number of aromatic carboxylic acids is 1. The Morgan fingerprint density at radius 1 is 1.15 bits per heavy atom. The fraction of sp³-hybridized carbons (Fsp3) is 0.333. The van der Waals surface area contributed by atoms with Gasteiger partial charge in [0, 0.05) is 32.5 Å². The minimum atomic E-state index is -4.95. The van der Waals surface area contributed by atoms with E-state index in [0.717, 1.165) is 24.0 Å². The summed E-state index contributed by atoms with van der Waals surface area (Å²) in [6, 6.07) is 12.5. The van der Waals surface area contributed by atoms with Gasteiger partial charge in [-0.05, 0) is 66.5 Å². The molecule has 1 saturated heterocycles. The van der Waals surface area contributed by atoms with E-state index < -0.39 is 29.2 Å². The Labute approximate surface area is 272 Å². The van der Waals surface area contributed by atoms with Gasteiger partial charge in [0.25, 0.3) is 5.91 Å². The van der Waals surface area contributed by atoms with Gasteiger partial charge in [0.05, 0.1) is 16.8 Å². The Morgan fingerprint density at radius 3 is 2.57 bits per heavy atom. The third-order valence-corrected chi connectivity index (χ3v) is 9.03. The van der Waals surface area contributed by atoms with E-state index in [1.165, 1.54) is 29.2 Å². The van der Waals surface area contributed by atoms with Gasteiger partial charge < -0.3 is 24.2 Å². The molecule has 2 aliphatic rings. The number of aromatic nitrogens is 3. The monoisotopic (exact) mass is 668 g/mol. The summed E-state index contributed by atoms with van der Waals surface area (Å²) in [5.74, 6) is -1.68. The molecule has 5 heterocycles. The number of hydrogen-bond acceptors (Lipinski definition) is 8. The molecule has 246 valence electrons. The van der Waals surface area contributed by atoms with Crippen molar-refractivity contribution in [3.8, 4) is 22.1 Å². The number of benzene rings is 1. The lowest BCUT2D eigenvalue weighted by Gasteiger charge is -2.32. The highest BCUT2D eigenvalue weighted by Crippen LogP contribution is 2.36. The van der Waals surface area contributed by atoms with Crippen molar-refractivity contribution in [2.45, 2.75) is 58.1 Å². The third-order valence-electron chi connectivity index (χ3n) is 8.05. The Morgan fingerprint density at radius 2 is 1.91 bits per heavy atom. The molecule has 0 radical (unpaired) electrons. The van der Waals surface area contributed by atoms with E-state index in [4.69, 9.17) is 14.2 Å². The standard InChI is InChI=1S/C33H31F3N4O6S/c1-19-15-21(20-9-12-39(13-10-20)30(41)26-18-45-32(2,3)46-26)7-8-25(19)44-17-22-11-14-47-28(22)24-5-4-6-27(38-24)40-29(33(34,35)36)23(16-37-40)31(42)43/h4-8,11,14-16,18,20H,9-10,12-13,17H2,1-3H3,(H,42,43). The Bertz CT molecular complexity index is 1860. The molecular formula is C33H31F3N4O6S. The molecule has 1 amide bonds. The Balaban J connectivity index is 1.11. The van der Waals surface area contributed by atoms with E-state index in [1.54, 1.807) is 30.9 Å². The van der Waals surface area contributed by atoms with Crippen molar-refractivity contribution in [2.24, 2.45) is 0 Å². The predicted molar refractivity (Wildman–Crippen MR) is 165 cm³/mol. The smallest absolute Gasteiger partial charge is 0.434 e. The zero-order valence-corrected chi connectivity index (χ0v) is 26.5. The second-order valence-corrected chi connectivity index (χ2v) is 12.7. The summed E-state index contributed by atoms with van der Waals surface area (Å²) >= 11 is 1.36. The molecule has 47 heavy (non-hydrogen) atoms. The second-order valence-electron chi connectivity index (χ2n) is 11.8. The maximum Gasteiger partial charge on any atom is 0.434 e. The minimum Gasteiger partial charge on any atom is -0.489 e. The number of thiophene rings is 1. The van der Waals surface area contributed by atoms with E-state index in [2.05, 4.69) is 16.1 Å². The van der Waals surface area contributed by atoms with Crippen molar-refractivity contribution in [1.82, 2.24) is 19.7 Å². The Kier molecular flexibility index (Phi) is 8.47. The third kappa shape index (κ3) is 6.68. The lowest BCUT2D eigenvalue weighted by Crippen LogP contribution is -2.39. The van der Waals surface area contributed by atoms with Crippen molar-refractivity contribution in [3.05, 3.63) is 94.0 Å². The van der Waals surface area contributed by atoms with Gasteiger partial charge >= 0.3 is 12.1 Å². The van der Waals surface area contributed by atoms with Gasteiger partial charge in [-0.1, -0.05) is 18.2 Å². The first-order valence-corrected chi connectivity index (χ1v) is 15.7. The van der Waals surface area contributed by atoms with Gasteiger partial charge in [-0.2, -0.15) is 18.3 Å². The molecule has 10 nitrogen and oxygen atoms in total. The topological polar surface area (TPSA) is 116 Å². The van der Waals surface area contributed by atoms with Gasteiger partial charge in [-0.15, -0.1) is 11.3 Å². The van der Waals surface area contributed by atoms with Crippen LogP contribution < -0.4 is 4.74 Å². The number of nitrogens with zero attached hydrogens (tertiary/aromatic N) is 4. The SMILES string of the molecule is Cc1cc(C2CCN(C(=O)C3=COC(C)(C)O3)CC2)ccc1OCc1ccsc1-c1cccc(-n2ncc(C(=O)O)c2C(F)(F)F)n1. The van der Waals surface area contributed by atoms with Crippen LogP contribution in [0.25, 0.3) is 16.4 Å². The quantitative estimate of drug-likeness (QED) is 0.215. The van der Waals surface area contributed by atoms with Crippen LogP contribution in [-0.4, -0.2) is 55.5 Å². The number of piperidine rings is 1. The predicted octanol–water partition coefficient (Wildman–Crippen LogP) is 6.93. The number of halogens is 3. The number of pyridine rings is 1. The summed E-state index contributed by atoms with van der Waals surface area (Å²) in [6.07, 6.45) is -1.27. The number of amides is 1. The highest BCUT2D eigenvalue weighted by Gasteiger charge is 2.41. The summed E-state index contributed by atoms with van der Waals surface area (Å²) in [5.41, 5.74) is 0.956. The van der Waals surface area contributed by atoms with Crippen LogP contribution in [0.5, 0.6) is 5.75 Å². The van der Waals surface area contributed by atoms with Crippen LogP contribution >= 0.6 is 11.3 Å². The van der Waals surface area contributed by atoms with Crippen LogP contribution in [0.15, 0.2) is 66.1 Å². The summed E-state index contributed by atoms with van der Waals surface area (Å²) in [5, 5.41) is 14.8. The second kappa shape index (κ2) is 12.4. The van der Waals surface area contributed by atoms with Gasteiger partial charge in [0.1, 0.15) is 24.2 Å². The van der Waals surface area contributed by atoms with E-state index in [-0.39, 0.29) is 24.1 Å². The molecule has 1 fully saturated rings. The van der Waals surface area contributed by atoms with Gasteiger partial charge in [-0.25, -0.2) is 14.5 Å². The van der Waals surface area contributed by atoms with Crippen molar-refractivity contribution in [1.29, 1.82) is 0 Å².